The van der Waals surface area contributed by atoms with Gasteiger partial charge in [-0.3, -0.25) is 9.59 Å². The van der Waals surface area contributed by atoms with E-state index >= 15 is 0 Å². The average molecular weight is 320 g/mol. The van der Waals surface area contributed by atoms with Gasteiger partial charge >= 0.3 is 0 Å². The zero-order valence-corrected chi connectivity index (χ0v) is 11.4. The van der Waals surface area contributed by atoms with E-state index < -0.39 is 46.0 Å². The molecule has 0 heterocycles. The van der Waals surface area contributed by atoms with Gasteiger partial charge in [0.25, 0.3) is 0 Å². The van der Waals surface area contributed by atoms with Crippen LogP contribution in [0.25, 0.3) is 0 Å². The maximum atomic E-state index is 13.7. The van der Waals surface area contributed by atoms with Crippen molar-refractivity contribution in [3.8, 4) is 0 Å². The van der Waals surface area contributed by atoms with E-state index in [4.69, 9.17) is 5.11 Å². The summed E-state index contributed by atoms with van der Waals surface area (Å²) in [6.45, 7) is 0.881. The third-order valence-electron chi connectivity index (χ3n) is 2.95. The van der Waals surface area contributed by atoms with Gasteiger partial charge in [-0.15, -0.1) is 11.8 Å². The maximum absolute atomic E-state index is 13.7. The fraction of sp³-hybridized carbons (Fsp3) is 0.231. The first-order valence-electron chi connectivity index (χ1n) is 5.72. The normalized spacial score (nSPS) is 14.8. The molecule has 0 radical (unpaired) electrons. The van der Waals surface area contributed by atoms with E-state index in [-0.39, 0.29) is 22.8 Å². The lowest BCUT2D eigenvalue weighted by molar-refractivity contribution is 0.0972. The minimum Gasteiger partial charge on any atom is -0.396 e. The van der Waals surface area contributed by atoms with Gasteiger partial charge in [-0.05, 0) is 6.92 Å². The SMILES string of the molecule is CC1=C(SCCO)C(=O)c2c(F)c(F)c(F)c(F)c2C1=O. The van der Waals surface area contributed by atoms with Crippen LogP contribution >= 0.6 is 11.8 Å². The molecule has 0 saturated heterocycles. The number of hydrogen-bond donors (Lipinski definition) is 1. The number of rotatable bonds is 3. The van der Waals surface area contributed by atoms with E-state index in [1.165, 1.54) is 6.92 Å². The molecule has 0 aliphatic heterocycles. The molecule has 0 saturated carbocycles. The van der Waals surface area contributed by atoms with Crippen molar-refractivity contribution in [3.63, 3.8) is 0 Å². The number of fused-ring (bicyclic) bond motifs is 1. The number of carbonyl (C=O) groups is 2. The lowest BCUT2D eigenvalue weighted by Gasteiger charge is -2.20. The van der Waals surface area contributed by atoms with Crippen molar-refractivity contribution >= 4 is 23.3 Å². The molecule has 1 aromatic rings. The first kappa shape index (κ1) is 15.7. The Morgan fingerprint density at radius 3 is 1.86 bits per heavy atom. The maximum Gasteiger partial charge on any atom is 0.203 e. The number of hydrogen-bond acceptors (Lipinski definition) is 4. The summed E-state index contributed by atoms with van der Waals surface area (Å²) in [6.07, 6.45) is 0. The Balaban J connectivity index is 2.73. The molecular formula is C13H8F4O3S. The molecule has 8 heteroatoms. The predicted octanol–water partition coefficient (Wildman–Crippen LogP) is 2.62. The Morgan fingerprint density at radius 1 is 0.905 bits per heavy atom. The molecule has 0 amide bonds. The molecule has 0 unspecified atom stereocenters. The number of benzene rings is 1. The zero-order valence-electron chi connectivity index (χ0n) is 10.6. The summed E-state index contributed by atoms with van der Waals surface area (Å²) in [6, 6.07) is 0. The molecule has 2 rings (SSSR count). The monoisotopic (exact) mass is 320 g/mol. The fourth-order valence-corrected chi connectivity index (χ4v) is 2.79. The molecule has 1 aliphatic rings. The topological polar surface area (TPSA) is 54.4 Å². The summed E-state index contributed by atoms with van der Waals surface area (Å²) < 4.78 is 53.8. The highest BCUT2D eigenvalue weighted by Crippen LogP contribution is 2.36. The number of thioether (sulfide) groups is 1. The lowest BCUT2D eigenvalue weighted by Crippen LogP contribution is -2.25. The number of aliphatic hydroxyl groups excluding tert-OH is 1. The van der Waals surface area contributed by atoms with Crippen LogP contribution in [0.15, 0.2) is 10.5 Å². The lowest BCUT2D eigenvalue weighted by atomic mass is 9.88. The second-order valence-electron chi connectivity index (χ2n) is 4.19. The van der Waals surface area contributed by atoms with Gasteiger partial charge in [0.05, 0.1) is 22.6 Å². The summed E-state index contributed by atoms with van der Waals surface area (Å²) in [7, 11) is 0. The molecule has 0 spiro atoms. The minimum absolute atomic E-state index is 0.0365. The summed E-state index contributed by atoms with van der Waals surface area (Å²) >= 11 is 0.759. The predicted molar refractivity (Wildman–Crippen MR) is 67.2 cm³/mol. The van der Waals surface area contributed by atoms with Gasteiger partial charge in [0.15, 0.2) is 29.1 Å². The van der Waals surface area contributed by atoms with Crippen LogP contribution in [0.3, 0.4) is 0 Å². The number of aliphatic hydroxyl groups is 1. The Hall–Kier alpha value is -1.67. The van der Waals surface area contributed by atoms with Crippen LogP contribution in [0.1, 0.15) is 27.6 Å². The van der Waals surface area contributed by atoms with Gasteiger partial charge in [0.1, 0.15) is 0 Å². The minimum atomic E-state index is -2.14. The van der Waals surface area contributed by atoms with Gasteiger partial charge in [-0.1, -0.05) is 0 Å². The number of carbonyl (C=O) groups excluding carboxylic acids is 2. The van der Waals surface area contributed by atoms with Crippen LogP contribution in [0.2, 0.25) is 0 Å². The average Bonchev–Trinajstić information content (AvgIpc) is 2.46. The number of Topliss-reactive ketones (excluding diaryl/α,β-unsaturated/α-hetero) is 2. The molecule has 1 aromatic carbocycles. The molecule has 21 heavy (non-hydrogen) atoms. The molecule has 1 aliphatic carbocycles. The molecule has 0 fully saturated rings. The van der Waals surface area contributed by atoms with Crippen LogP contribution < -0.4 is 0 Å². The van der Waals surface area contributed by atoms with E-state index in [2.05, 4.69) is 0 Å². The van der Waals surface area contributed by atoms with Crippen LogP contribution in [0, 0.1) is 23.3 Å². The quantitative estimate of drug-likeness (QED) is 0.528. The second-order valence-corrected chi connectivity index (χ2v) is 5.30. The third-order valence-corrected chi connectivity index (χ3v) is 4.11. The summed E-state index contributed by atoms with van der Waals surface area (Å²) in [5.41, 5.74) is -2.40. The van der Waals surface area contributed by atoms with Crippen molar-refractivity contribution in [2.24, 2.45) is 0 Å². The molecule has 3 nitrogen and oxygen atoms in total. The smallest absolute Gasteiger partial charge is 0.203 e. The summed E-state index contributed by atoms with van der Waals surface area (Å²) in [5.74, 6) is -10.2. The van der Waals surface area contributed by atoms with Crippen molar-refractivity contribution in [1.82, 2.24) is 0 Å². The number of halogens is 4. The molecule has 0 atom stereocenters. The third kappa shape index (κ3) is 2.28. The largest absolute Gasteiger partial charge is 0.396 e. The molecular weight excluding hydrogens is 312 g/mol. The van der Waals surface area contributed by atoms with Crippen molar-refractivity contribution < 1.29 is 32.3 Å². The second kappa shape index (κ2) is 5.61. The summed E-state index contributed by atoms with van der Waals surface area (Å²) in [4.78, 5) is 23.9. The Morgan fingerprint density at radius 2 is 1.38 bits per heavy atom. The van der Waals surface area contributed by atoms with Crippen molar-refractivity contribution in [2.45, 2.75) is 6.92 Å². The van der Waals surface area contributed by atoms with Crippen LogP contribution in [-0.2, 0) is 0 Å². The number of allylic oxidation sites excluding steroid dienone is 2. The van der Waals surface area contributed by atoms with Crippen molar-refractivity contribution in [1.29, 1.82) is 0 Å². The van der Waals surface area contributed by atoms with Crippen LogP contribution in [-0.4, -0.2) is 29.0 Å². The van der Waals surface area contributed by atoms with Crippen LogP contribution in [0.4, 0.5) is 17.6 Å². The van der Waals surface area contributed by atoms with Gasteiger partial charge in [0.2, 0.25) is 5.78 Å². The van der Waals surface area contributed by atoms with E-state index in [0.717, 1.165) is 11.8 Å². The van der Waals surface area contributed by atoms with E-state index in [1.54, 1.807) is 0 Å². The van der Waals surface area contributed by atoms with Crippen molar-refractivity contribution in [3.05, 3.63) is 44.9 Å². The molecule has 1 N–H and O–H groups in total. The first-order chi connectivity index (χ1) is 9.82. The highest BCUT2D eigenvalue weighted by molar-refractivity contribution is 8.04. The van der Waals surface area contributed by atoms with Crippen molar-refractivity contribution in [2.75, 3.05) is 12.4 Å². The van der Waals surface area contributed by atoms with E-state index in [9.17, 15) is 27.2 Å². The first-order valence-corrected chi connectivity index (χ1v) is 6.71. The fourth-order valence-electron chi connectivity index (χ4n) is 1.95. The standard InChI is InChI=1S/C13H8F4O3S/c1-4-11(19)5-6(12(20)13(4)21-3-2-18)8(15)10(17)9(16)7(5)14/h18H,2-3H2,1H3. The van der Waals surface area contributed by atoms with Gasteiger partial charge < -0.3 is 5.11 Å². The Labute approximate surface area is 120 Å². The van der Waals surface area contributed by atoms with Gasteiger partial charge in [-0.25, -0.2) is 17.6 Å². The van der Waals surface area contributed by atoms with E-state index in [0.29, 0.717) is 0 Å². The summed E-state index contributed by atoms with van der Waals surface area (Å²) in [5, 5.41) is 8.73. The highest BCUT2D eigenvalue weighted by atomic mass is 32.2. The molecule has 0 bridgehead atoms. The van der Waals surface area contributed by atoms with Gasteiger partial charge in [-0.2, -0.15) is 0 Å². The number of ketones is 2. The molecule has 112 valence electrons. The van der Waals surface area contributed by atoms with Crippen LogP contribution in [0.5, 0.6) is 0 Å². The highest BCUT2D eigenvalue weighted by Gasteiger charge is 2.39. The Kier molecular flexibility index (Phi) is 4.20. The Bertz CT molecular complexity index is 697. The van der Waals surface area contributed by atoms with Gasteiger partial charge in [0, 0.05) is 11.3 Å². The van der Waals surface area contributed by atoms with E-state index in [1.807, 2.05) is 0 Å². The molecule has 0 aromatic heterocycles. The zero-order chi connectivity index (χ0) is 15.9.